The van der Waals surface area contributed by atoms with E-state index in [0.29, 0.717) is 31.0 Å². The molecule has 3 N–H and O–H groups in total. The van der Waals surface area contributed by atoms with Gasteiger partial charge in [-0.3, -0.25) is 4.57 Å². The minimum atomic E-state index is -3.26. The number of nitrogens with one attached hydrogen (secondary N) is 1. The van der Waals surface area contributed by atoms with Crippen molar-refractivity contribution in [3.8, 4) is 5.88 Å². The molecular weight excluding hydrogens is 363 g/mol. The summed E-state index contributed by atoms with van der Waals surface area (Å²) in [7, 11) is -1.69. The Morgan fingerprint density at radius 1 is 1.36 bits per heavy atom. The fraction of sp³-hybridized carbons (Fsp3) is 0.706. The average Bonchev–Trinajstić information content (AvgIpc) is 2.55. The second-order valence-corrected chi connectivity index (χ2v) is 9.13. The summed E-state index contributed by atoms with van der Waals surface area (Å²) in [4.78, 5) is 14.3. The number of hydrogen-bond acceptors (Lipinski definition) is 5. The number of rotatable bonds is 9. The number of hydrogen-bond donors (Lipinski definition) is 3. The quantitative estimate of drug-likeness (QED) is 0.560. The molecule has 0 bridgehead atoms. The lowest BCUT2D eigenvalue weighted by molar-refractivity contribution is 0.189. The summed E-state index contributed by atoms with van der Waals surface area (Å²) in [5.41, 5.74) is 0.970. The molecule has 0 saturated heterocycles. The topological polar surface area (TPSA) is 91.7 Å². The van der Waals surface area contributed by atoms with Crippen molar-refractivity contribution in [3.63, 3.8) is 0 Å². The van der Waals surface area contributed by atoms with Crippen LogP contribution in [-0.4, -0.2) is 47.1 Å². The van der Waals surface area contributed by atoms with E-state index >= 15 is 0 Å². The molecular formula is C17H30ClN2O4P. The Hall–Kier alpha value is -0.650. The molecule has 0 aromatic carbocycles. The second-order valence-electron chi connectivity index (χ2n) is 6.71. The van der Waals surface area contributed by atoms with Crippen LogP contribution < -0.4 is 10.1 Å². The molecule has 1 aliphatic rings. The highest BCUT2D eigenvalue weighted by molar-refractivity contribution is 7.58. The van der Waals surface area contributed by atoms with Crippen molar-refractivity contribution in [1.29, 1.82) is 0 Å². The zero-order valence-corrected chi connectivity index (χ0v) is 16.5. The normalized spacial score (nSPS) is 18.8. The van der Waals surface area contributed by atoms with Gasteiger partial charge < -0.3 is 20.1 Å². The van der Waals surface area contributed by atoms with Crippen LogP contribution in [0, 0.1) is 5.92 Å². The molecule has 0 spiro atoms. The van der Waals surface area contributed by atoms with Gasteiger partial charge in [0.1, 0.15) is 0 Å². The number of aliphatic hydroxyl groups is 1. The molecule has 1 aromatic rings. The molecule has 1 heterocycles. The van der Waals surface area contributed by atoms with Gasteiger partial charge in [-0.15, -0.1) is 12.4 Å². The standard InChI is InChI=1S/C17H29N2O4P.ClH/c1-23-17-8-7-15(10-19-17)9-18-11-16(20)13-24(21,22)12-14-5-3-2-4-6-14;/h7-8,10,14,16,18,20H,2-6,9,11-13H2,1H3,(H,21,22);1H. The number of ether oxygens (including phenoxy) is 1. The molecule has 144 valence electrons. The zero-order valence-electron chi connectivity index (χ0n) is 14.8. The third-order valence-electron chi connectivity index (χ3n) is 4.48. The van der Waals surface area contributed by atoms with Crippen molar-refractivity contribution in [2.45, 2.75) is 44.8 Å². The van der Waals surface area contributed by atoms with Crippen LogP contribution in [0.5, 0.6) is 5.88 Å². The van der Waals surface area contributed by atoms with Crippen LogP contribution >= 0.6 is 19.8 Å². The Morgan fingerprint density at radius 3 is 2.68 bits per heavy atom. The third-order valence-corrected chi connectivity index (χ3v) is 6.56. The Bertz CT molecular complexity index is 538. The van der Waals surface area contributed by atoms with Gasteiger partial charge in [-0.05, 0) is 24.3 Å². The van der Waals surface area contributed by atoms with E-state index in [1.54, 1.807) is 19.4 Å². The van der Waals surface area contributed by atoms with Gasteiger partial charge in [-0.25, -0.2) is 4.98 Å². The molecule has 1 saturated carbocycles. The van der Waals surface area contributed by atoms with Crippen molar-refractivity contribution in [2.24, 2.45) is 5.92 Å². The number of pyridine rings is 1. The van der Waals surface area contributed by atoms with E-state index in [1.807, 2.05) is 6.07 Å². The van der Waals surface area contributed by atoms with Crippen LogP contribution in [0.2, 0.25) is 0 Å². The number of halogens is 1. The number of methoxy groups -OCH3 is 1. The third kappa shape index (κ3) is 8.52. The smallest absolute Gasteiger partial charge is 0.212 e. The van der Waals surface area contributed by atoms with E-state index in [1.165, 1.54) is 6.42 Å². The Morgan fingerprint density at radius 2 is 2.08 bits per heavy atom. The molecule has 1 aliphatic carbocycles. The fourth-order valence-electron chi connectivity index (χ4n) is 3.26. The highest BCUT2D eigenvalue weighted by Gasteiger charge is 2.27. The van der Waals surface area contributed by atoms with Gasteiger partial charge in [-0.2, -0.15) is 0 Å². The maximum absolute atomic E-state index is 12.3. The van der Waals surface area contributed by atoms with Crippen LogP contribution in [-0.2, 0) is 11.1 Å². The lowest BCUT2D eigenvalue weighted by Gasteiger charge is -2.25. The molecule has 2 rings (SSSR count). The van der Waals surface area contributed by atoms with E-state index < -0.39 is 13.5 Å². The van der Waals surface area contributed by atoms with Crippen molar-refractivity contribution < 1.29 is 19.3 Å². The molecule has 25 heavy (non-hydrogen) atoms. The van der Waals surface area contributed by atoms with Crippen molar-refractivity contribution in [3.05, 3.63) is 23.9 Å². The lowest BCUT2D eigenvalue weighted by Crippen LogP contribution is -2.30. The summed E-state index contributed by atoms with van der Waals surface area (Å²) in [5, 5.41) is 13.1. The molecule has 0 radical (unpaired) electrons. The highest BCUT2D eigenvalue weighted by atomic mass is 35.5. The molecule has 1 aromatic heterocycles. The van der Waals surface area contributed by atoms with Gasteiger partial charge in [0.25, 0.3) is 0 Å². The maximum Gasteiger partial charge on any atom is 0.212 e. The van der Waals surface area contributed by atoms with Crippen molar-refractivity contribution in [2.75, 3.05) is 26.0 Å². The van der Waals surface area contributed by atoms with Gasteiger partial charge in [0.2, 0.25) is 13.2 Å². The minimum Gasteiger partial charge on any atom is -0.481 e. The van der Waals surface area contributed by atoms with Gasteiger partial charge in [0.05, 0.1) is 19.4 Å². The first-order chi connectivity index (χ1) is 11.5. The van der Waals surface area contributed by atoms with Gasteiger partial charge >= 0.3 is 0 Å². The van der Waals surface area contributed by atoms with E-state index in [4.69, 9.17) is 4.74 Å². The first-order valence-corrected chi connectivity index (χ1v) is 10.7. The van der Waals surface area contributed by atoms with E-state index in [-0.39, 0.29) is 18.6 Å². The second kappa shape index (κ2) is 11.1. The minimum absolute atomic E-state index is 0. The van der Waals surface area contributed by atoms with E-state index in [0.717, 1.165) is 31.2 Å². The average molecular weight is 393 g/mol. The summed E-state index contributed by atoms with van der Waals surface area (Å²) < 4.78 is 17.3. The first-order valence-electron chi connectivity index (χ1n) is 8.67. The van der Waals surface area contributed by atoms with Crippen molar-refractivity contribution in [1.82, 2.24) is 10.3 Å². The summed E-state index contributed by atoms with van der Waals surface area (Å²) in [6.07, 6.45) is 6.86. The van der Waals surface area contributed by atoms with Crippen LogP contribution in [0.4, 0.5) is 0 Å². The predicted octanol–water partition coefficient (Wildman–Crippen LogP) is 2.81. The summed E-state index contributed by atoms with van der Waals surface area (Å²) >= 11 is 0. The fourth-order valence-corrected chi connectivity index (χ4v) is 5.37. The van der Waals surface area contributed by atoms with E-state index in [2.05, 4.69) is 10.3 Å². The summed E-state index contributed by atoms with van der Waals surface area (Å²) in [5.74, 6) is 0.905. The van der Waals surface area contributed by atoms with E-state index in [9.17, 15) is 14.6 Å². The summed E-state index contributed by atoms with van der Waals surface area (Å²) in [6.45, 7) is 0.841. The Kier molecular flexibility index (Phi) is 9.98. The summed E-state index contributed by atoms with van der Waals surface area (Å²) in [6, 6.07) is 3.67. The Balaban J connectivity index is 0.00000312. The monoisotopic (exact) mass is 392 g/mol. The van der Waals surface area contributed by atoms with Crippen molar-refractivity contribution >= 4 is 19.8 Å². The molecule has 0 aliphatic heterocycles. The largest absolute Gasteiger partial charge is 0.481 e. The predicted molar refractivity (Wildman–Crippen MR) is 102 cm³/mol. The molecule has 1 fully saturated rings. The number of nitrogens with zero attached hydrogens (tertiary/aromatic N) is 1. The van der Waals surface area contributed by atoms with Crippen LogP contribution in [0.3, 0.4) is 0 Å². The molecule has 0 amide bonds. The SMILES string of the molecule is COc1ccc(CNCC(O)CP(=O)(O)CC2CCCCC2)cn1.Cl. The van der Waals surface area contributed by atoms with Crippen LogP contribution in [0.1, 0.15) is 37.7 Å². The highest BCUT2D eigenvalue weighted by Crippen LogP contribution is 2.45. The molecule has 2 unspecified atom stereocenters. The van der Waals surface area contributed by atoms with Crippen LogP contribution in [0.25, 0.3) is 0 Å². The Labute approximate surface area is 156 Å². The molecule has 2 atom stereocenters. The van der Waals surface area contributed by atoms with Gasteiger partial charge in [0, 0.05) is 31.5 Å². The van der Waals surface area contributed by atoms with Gasteiger partial charge in [-0.1, -0.05) is 25.3 Å². The number of aromatic nitrogens is 1. The first kappa shape index (κ1) is 22.4. The zero-order chi connectivity index (χ0) is 17.4. The molecule has 6 nitrogen and oxygen atoms in total. The van der Waals surface area contributed by atoms with Gasteiger partial charge in [0.15, 0.2) is 0 Å². The maximum atomic E-state index is 12.3. The van der Waals surface area contributed by atoms with Crippen LogP contribution in [0.15, 0.2) is 18.3 Å². The molecule has 8 heteroatoms. The lowest BCUT2D eigenvalue weighted by atomic mass is 9.91. The number of aliphatic hydroxyl groups excluding tert-OH is 1.